The summed E-state index contributed by atoms with van der Waals surface area (Å²) < 4.78 is 13.0. The second-order valence-corrected chi connectivity index (χ2v) is 4.90. The van der Waals surface area contributed by atoms with Crippen molar-refractivity contribution >= 4 is 0 Å². The van der Waals surface area contributed by atoms with Crippen molar-refractivity contribution < 1.29 is 4.39 Å². The van der Waals surface area contributed by atoms with Gasteiger partial charge in [-0.15, -0.1) is 0 Å². The topological polar surface area (TPSA) is 12.0 Å². The minimum atomic E-state index is -0.118. The number of benzene rings is 1. The molecule has 0 saturated carbocycles. The Bertz CT molecular complexity index is 337. The third-order valence-electron chi connectivity index (χ3n) is 3.68. The standard InChI is InChI=1S/C14H20FN/c1-11-7-8-16-10-13(11)6-5-12-3-2-4-14(15)9-12/h2-4,9,11,13,16H,5-8,10H2,1H3. The van der Waals surface area contributed by atoms with Gasteiger partial charge in [0.1, 0.15) is 5.82 Å². The van der Waals surface area contributed by atoms with Crippen LogP contribution in [0.15, 0.2) is 24.3 Å². The van der Waals surface area contributed by atoms with Gasteiger partial charge in [-0.05, 0) is 61.9 Å². The molecule has 1 aliphatic heterocycles. The van der Waals surface area contributed by atoms with Gasteiger partial charge in [-0.1, -0.05) is 19.1 Å². The van der Waals surface area contributed by atoms with Crippen LogP contribution in [-0.2, 0) is 6.42 Å². The molecular weight excluding hydrogens is 201 g/mol. The summed E-state index contributed by atoms with van der Waals surface area (Å²) in [4.78, 5) is 0. The van der Waals surface area contributed by atoms with Crippen LogP contribution in [0.5, 0.6) is 0 Å². The monoisotopic (exact) mass is 221 g/mol. The zero-order valence-electron chi connectivity index (χ0n) is 9.88. The van der Waals surface area contributed by atoms with Crippen LogP contribution in [-0.4, -0.2) is 13.1 Å². The smallest absolute Gasteiger partial charge is 0.123 e. The Hall–Kier alpha value is -0.890. The second-order valence-electron chi connectivity index (χ2n) is 4.90. The maximum absolute atomic E-state index is 13.0. The van der Waals surface area contributed by atoms with Crippen molar-refractivity contribution in [1.29, 1.82) is 0 Å². The molecule has 88 valence electrons. The Morgan fingerprint density at radius 2 is 2.31 bits per heavy atom. The van der Waals surface area contributed by atoms with E-state index in [2.05, 4.69) is 12.2 Å². The zero-order chi connectivity index (χ0) is 11.4. The molecule has 1 saturated heterocycles. The maximum Gasteiger partial charge on any atom is 0.123 e. The normalized spacial score (nSPS) is 25.6. The summed E-state index contributed by atoms with van der Waals surface area (Å²) in [5, 5.41) is 3.44. The van der Waals surface area contributed by atoms with Crippen molar-refractivity contribution in [3.63, 3.8) is 0 Å². The SMILES string of the molecule is CC1CCNCC1CCc1cccc(F)c1. The Kier molecular flexibility index (Phi) is 3.94. The third kappa shape index (κ3) is 3.05. The molecule has 1 N–H and O–H groups in total. The van der Waals surface area contributed by atoms with Crippen molar-refractivity contribution in [2.45, 2.75) is 26.2 Å². The molecule has 0 bridgehead atoms. The highest BCUT2D eigenvalue weighted by atomic mass is 19.1. The second kappa shape index (κ2) is 5.44. The quantitative estimate of drug-likeness (QED) is 0.827. The third-order valence-corrected chi connectivity index (χ3v) is 3.68. The van der Waals surface area contributed by atoms with Gasteiger partial charge in [-0.3, -0.25) is 0 Å². The molecule has 1 aliphatic rings. The van der Waals surface area contributed by atoms with E-state index in [0.29, 0.717) is 0 Å². The average Bonchev–Trinajstić information content (AvgIpc) is 2.28. The number of halogens is 1. The van der Waals surface area contributed by atoms with E-state index in [1.54, 1.807) is 12.1 Å². The molecule has 2 atom stereocenters. The largest absolute Gasteiger partial charge is 0.316 e. The first-order valence-electron chi connectivity index (χ1n) is 6.21. The Labute approximate surface area is 97.1 Å². The van der Waals surface area contributed by atoms with Gasteiger partial charge < -0.3 is 5.32 Å². The van der Waals surface area contributed by atoms with E-state index in [1.165, 1.54) is 12.5 Å². The fourth-order valence-corrected chi connectivity index (χ4v) is 2.49. The molecule has 1 fully saturated rings. The Morgan fingerprint density at radius 1 is 1.44 bits per heavy atom. The van der Waals surface area contributed by atoms with Crippen LogP contribution in [0.4, 0.5) is 4.39 Å². The number of aryl methyl sites for hydroxylation is 1. The van der Waals surface area contributed by atoms with Crippen molar-refractivity contribution in [3.8, 4) is 0 Å². The van der Waals surface area contributed by atoms with E-state index in [4.69, 9.17) is 0 Å². The van der Waals surface area contributed by atoms with Crippen molar-refractivity contribution in [2.75, 3.05) is 13.1 Å². The molecule has 1 nitrogen and oxygen atoms in total. The van der Waals surface area contributed by atoms with E-state index in [-0.39, 0.29) is 5.82 Å². The fourth-order valence-electron chi connectivity index (χ4n) is 2.49. The van der Waals surface area contributed by atoms with E-state index in [9.17, 15) is 4.39 Å². The van der Waals surface area contributed by atoms with E-state index < -0.39 is 0 Å². The molecule has 0 radical (unpaired) electrons. The van der Waals surface area contributed by atoms with Gasteiger partial charge >= 0.3 is 0 Å². The minimum absolute atomic E-state index is 0.118. The fraction of sp³-hybridized carbons (Fsp3) is 0.571. The number of piperidine rings is 1. The predicted molar refractivity (Wildman–Crippen MR) is 64.9 cm³/mol. The summed E-state index contributed by atoms with van der Waals surface area (Å²) in [6.45, 7) is 4.60. The van der Waals surface area contributed by atoms with E-state index in [1.807, 2.05) is 6.07 Å². The molecule has 1 heterocycles. The van der Waals surface area contributed by atoms with E-state index in [0.717, 1.165) is 43.3 Å². The lowest BCUT2D eigenvalue weighted by Crippen LogP contribution is -2.35. The van der Waals surface area contributed by atoms with Crippen LogP contribution in [0.3, 0.4) is 0 Å². The highest BCUT2D eigenvalue weighted by Gasteiger charge is 2.20. The number of rotatable bonds is 3. The molecule has 1 aromatic rings. The molecule has 0 amide bonds. The Balaban J connectivity index is 1.86. The van der Waals surface area contributed by atoms with Crippen molar-refractivity contribution in [1.82, 2.24) is 5.32 Å². The lowest BCUT2D eigenvalue weighted by atomic mass is 9.84. The summed E-state index contributed by atoms with van der Waals surface area (Å²) in [6, 6.07) is 6.98. The van der Waals surface area contributed by atoms with Gasteiger partial charge in [0.2, 0.25) is 0 Å². The molecule has 0 spiro atoms. The van der Waals surface area contributed by atoms with Crippen LogP contribution in [0.2, 0.25) is 0 Å². The summed E-state index contributed by atoms with van der Waals surface area (Å²) in [7, 11) is 0. The first-order valence-corrected chi connectivity index (χ1v) is 6.21. The number of hydrogen-bond donors (Lipinski definition) is 1. The molecule has 2 rings (SSSR count). The van der Waals surface area contributed by atoms with Crippen LogP contribution in [0, 0.1) is 17.7 Å². The van der Waals surface area contributed by atoms with Gasteiger partial charge in [0.15, 0.2) is 0 Å². The summed E-state index contributed by atoms with van der Waals surface area (Å²) in [6.07, 6.45) is 3.43. The lowest BCUT2D eigenvalue weighted by Gasteiger charge is -2.29. The highest BCUT2D eigenvalue weighted by molar-refractivity contribution is 5.16. The molecule has 16 heavy (non-hydrogen) atoms. The summed E-state index contributed by atoms with van der Waals surface area (Å²) >= 11 is 0. The van der Waals surface area contributed by atoms with Crippen LogP contribution < -0.4 is 5.32 Å². The molecule has 2 heteroatoms. The lowest BCUT2D eigenvalue weighted by molar-refractivity contribution is 0.260. The van der Waals surface area contributed by atoms with Crippen molar-refractivity contribution in [2.24, 2.45) is 11.8 Å². The van der Waals surface area contributed by atoms with Gasteiger partial charge in [-0.25, -0.2) is 4.39 Å². The number of hydrogen-bond acceptors (Lipinski definition) is 1. The van der Waals surface area contributed by atoms with Gasteiger partial charge in [0.05, 0.1) is 0 Å². The van der Waals surface area contributed by atoms with Gasteiger partial charge in [-0.2, -0.15) is 0 Å². The maximum atomic E-state index is 13.0. The van der Waals surface area contributed by atoms with Crippen LogP contribution in [0.25, 0.3) is 0 Å². The van der Waals surface area contributed by atoms with E-state index >= 15 is 0 Å². The summed E-state index contributed by atoms with van der Waals surface area (Å²) in [5.74, 6) is 1.43. The highest BCUT2D eigenvalue weighted by Crippen LogP contribution is 2.23. The molecule has 1 aromatic carbocycles. The molecular formula is C14H20FN. The first kappa shape index (κ1) is 11.6. The average molecular weight is 221 g/mol. The Morgan fingerprint density at radius 3 is 3.06 bits per heavy atom. The number of nitrogens with one attached hydrogen (secondary N) is 1. The molecule has 0 aromatic heterocycles. The van der Waals surface area contributed by atoms with Crippen molar-refractivity contribution in [3.05, 3.63) is 35.6 Å². The van der Waals surface area contributed by atoms with Crippen LogP contribution >= 0.6 is 0 Å². The van der Waals surface area contributed by atoms with Crippen LogP contribution in [0.1, 0.15) is 25.3 Å². The molecule has 2 unspecified atom stereocenters. The first-order chi connectivity index (χ1) is 7.75. The summed E-state index contributed by atoms with van der Waals surface area (Å²) in [5.41, 5.74) is 1.12. The van der Waals surface area contributed by atoms with Gasteiger partial charge in [0, 0.05) is 0 Å². The minimum Gasteiger partial charge on any atom is -0.316 e. The predicted octanol–water partition coefficient (Wildman–Crippen LogP) is 3.00. The van der Waals surface area contributed by atoms with Gasteiger partial charge in [0.25, 0.3) is 0 Å². The molecule has 0 aliphatic carbocycles. The zero-order valence-corrected chi connectivity index (χ0v) is 9.88.